The number of carbonyl (C=O) groups excluding carboxylic acids is 1. The molecular formula is C19H19ClN2O3S2. The number of ether oxygens (including phenoxy) is 2. The number of amides is 1. The number of nitrogens with one attached hydrogen (secondary N) is 1. The number of hydrogen-bond acceptors (Lipinski definition) is 6. The van der Waals surface area contributed by atoms with E-state index in [2.05, 4.69) is 10.3 Å². The van der Waals surface area contributed by atoms with Crippen LogP contribution in [0, 0.1) is 0 Å². The summed E-state index contributed by atoms with van der Waals surface area (Å²) in [5.41, 5.74) is 0.667. The van der Waals surface area contributed by atoms with E-state index in [4.69, 9.17) is 21.1 Å². The Morgan fingerprint density at radius 1 is 1.19 bits per heavy atom. The van der Waals surface area contributed by atoms with Crippen molar-refractivity contribution in [1.82, 2.24) is 4.98 Å². The molecule has 1 aromatic heterocycles. The quantitative estimate of drug-likeness (QED) is 0.385. The van der Waals surface area contributed by atoms with E-state index >= 15 is 0 Å². The highest BCUT2D eigenvalue weighted by Crippen LogP contribution is 2.37. The number of thiazole rings is 1. The number of fused-ring (bicyclic) bond motifs is 1. The fourth-order valence-corrected chi connectivity index (χ4v) is 4.47. The predicted octanol–water partition coefficient (Wildman–Crippen LogP) is 5.48. The van der Waals surface area contributed by atoms with E-state index in [1.807, 2.05) is 24.3 Å². The molecule has 3 rings (SSSR count). The van der Waals surface area contributed by atoms with Crippen molar-refractivity contribution >= 4 is 56.0 Å². The van der Waals surface area contributed by atoms with Gasteiger partial charge in [-0.3, -0.25) is 4.79 Å². The van der Waals surface area contributed by atoms with Gasteiger partial charge in [-0.2, -0.15) is 0 Å². The second-order valence-electron chi connectivity index (χ2n) is 5.62. The van der Waals surface area contributed by atoms with Gasteiger partial charge < -0.3 is 14.8 Å². The van der Waals surface area contributed by atoms with Gasteiger partial charge in [-0.05, 0) is 48.6 Å². The topological polar surface area (TPSA) is 60.5 Å². The number of hydrogen-bond donors (Lipinski definition) is 1. The molecule has 0 aliphatic heterocycles. The average molecular weight is 423 g/mol. The zero-order valence-electron chi connectivity index (χ0n) is 15.0. The number of rotatable bonds is 8. The maximum atomic E-state index is 12.2. The van der Waals surface area contributed by atoms with E-state index < -0.39 is 0 Å². The molecule has 1 heterocycles. The van der Waals surface area contributed by atoms with Gasteiger partial charge in [-0.25, -0.2) is 4.98 Å². The van der Waals surface area contributed by atoms with Crippen LogP contribution in [-0.4, -0.2) is 30.9 Å². The van der Waals surface area contributed by atoms with Gasteiger partial charge in [0.2, 0.25) is 5.91 Å². The standard InChI is InChI=1S/C19H19ClN2O3S2/c1-24-12-5-7-13(8-6-12)26-11-3-4-16(23)21-19-22-17-15(25-2)10-9-14(20)18(17)27-19/h5-10H,3-4,11H2,1-2H3,(H,21,22,23). The normalized spacial score (nSPS) is 10.8. The number of halogens is 1. The molecule has 1 amide bonds. The first-order chi connectivity index (χ1) is 13.1. The summed E-state index contributed by atoms with van der Waals surface area (Å²) in [5, 5.41) is 3.98. The molecule has 2 aromatic carbocycles. The van der Waals surface area contributed by atoms with Crippen molar-refractivity contribution in [3.8, 4) is 11.5 Å². The van der Waals surface area contributed by atoms with Crippen molar-refractivity contribution in [2.75, 3.05) is 25.3 Å². The molecule has 1 N–H and O–H groups in total. The van der Waals surface area contributed by atoms with E-state index in [9.17, 15) is 4.79 Å². The molecule has 0 unspecified atom stereocenters. The Labute approximate surface area is 171 Å². The summed E-state index contributed by atoms with van der Waals surface area (Å²) in [7, 11) is 3.23. The van der Waals surface area contributed by atoms with Crippen LogP contribution >= 0.6 is 34.7 Å². The number of thioether (sulfide) groups is 1. The zero-order valence-corrected chi connectivity index (χ0v) is 17.3. The lowest BCUT2D eigenvalue weighted by atomic mass is 10.3. The van der Waals surface area contributed by atoms with Gasteiger partial charge in [0.05, 0.1) is 23.9 Å². The first kappa shape index (κ1) is 19.8. The molecule has 27 heavy (non-hydrogen) atoms. The van der Waals surface area contributed by atoms with Crippen LogP contribution in [0.2, 0.25) is 5.02 Å². The van der Waals surface area contributed by atoms with Gasteiger partial charge in [-0.15, -0.1) is 11.8 Å². The molecule has 8 heteroatoms. The third-order valence-electron chi connectivity index (χ3n) is 3.80. The number of aromatic nitrogens is 1. The Morgan fingerprint density at radius 2 is 1.96 bits per heavy atom. The van der Waals surface area contributed by atoms with Gasteiger partial charge in [0.25, 0.3) is 0 Å². The van der Waals surface area contributed by atoms with Crippen LogP contribution < -0.4 is 14.8 Å². The Hall–Kier alpha value is -1.96. The van der Waals surface area contributed by atoms with Gasteiger partial charge in [-0.1, -0.05) is 22.9 Å². The molecule has 5 nitrogen and oxygen atoms in total. The van der Waals surface area contributed by atoms with E-state index in [-0.39, 0.29) is 5.91 Å². The summed E-state index contributed by atoms with van der Waals surface area (Å²) in [6, 6.07) is 11.4. The minimum atomic E-state index is -0.0560. The van der Waals surface area contributed by atoms with E-state index in [1.54, 1.807) is 38.1 Å². The third-order valence-corrected chi connectivity index (χ3v) is 6.33. The first-order valence-corrected chi connectivity index (χ1v) is 10.5. The van der Waals surface area contributed by atoms with Crippen LogP contribution in [0.3, 0.4) is 0 Å². The molecule has 0 atom stereocenters. The number of carbonyl (C=O) groups is 1. The number of anilines is 1. The lowest BCUT2D eigenvalue weighted by Gasteiger charge is -2.04. The number of nitrogens with zero attached hydrogens (tertiary/aromatic N) is 1. The molecule has 0 aliphatic carbocycles. The Morgan fingerprint density at radius 3 is 2.67 bits per heavy atom. The van der Waals surface area contributed by atoms with Crippen LogP contribution in [0.25, 0.3) is 10.2 Å². The smallest absolute Gasteiger partial charge is 0.226 e. The van der Waals surface area contributed by atoms with Crippen LogP contribution in [0.4, 0.5) is 5.13 Å². The predicted molar refractivity (Wildman–Crippen MR) is 113 cm³/mol. The Bertz CT molecular complexity index is 929. The first-order valence-electron chi connectivity index (χ1n) is 8.30. The maximum Gasteiger partial charge on any atom is 0.226 e. The van der Waals surface area contributed by atoms with Crippen molar-refractivity contribution in [1.29, 1.82) is 0 Å². The summed E-state index contributed by atoms with van der Waals surface area (Å²) in [6.07, 6.45) is 1.21. The highest BCUT2D eigenvalue weighted by molar-refractivity contribution is 7.99. The lowest BCUT2D eigenvalue weighted by Crippen LogP contribution is -2.11. The largest absolute Gasteiger partial charge is 0.497 e. The van der Waals surface area contributed by atoms with Gasteiger partial charge in [0.1, 0.15) is 17.0 Å². The summed E-state index contributed by atoms with van der Waals surface area (Å²) in [6.45, 7) is 0. The molecule has 0 saturated heterocycles. The molecule has 0 spiro atoms. The van der Waals surface area contributed by atoms with Crippen LogP contribution in [0.15, 0.2) is 41.3 Å². The number of methoxy groups -OCH3 is 2. The van der Waals surface area contributed by atoms with Gasteiger partial charge in [0, 0.05) is 11.3 Å². The fourth-order valence-electron chi connectivity index (χ4n) is 2.45. The maximum absolute atomic E-state index is 12.2. The van der Waals surface area contributed by atoms with E-state index in [0.717, 1.165) is 27.5 Å². The molecule has 0 radical (unpaired) electrons. The van der Waals surface area contributed by atoms with Crippen molar-refractivity contribution in [3.05, 3.63) is 41.4 Å². The number of benzene rings is 2. The second kappa shape index (κ2) is 9.30. The van der Waals surface area contributed by atoms with E-state index in [0.29, 0.717) is 27.8 Å². The third kappa shape index (κ3) is 5.06. The Kier molecular flexibility index (Phi) is 6.82. The summed E-state index contributed by atoms with van der Waals surface area (Å²) < 4.78 is 11.2. The van der Waals surface area contributed by atoms with Crippen LogP contribution in [0.1, 0.15) is 12.8 Å². The second-order valence-corrected chi connectivity index (χ2v) is 8.20. The molecule has 0 saturated carbocycles. The monoisotopic (exact) mass is 422 g/mol. The molecular weight excluding hydrogens is 404 g/mol. The van der Waals surface area contributed by atoms with Gasteiger partial charge >= 0.3 is 0 Å². The fraction of sp³-hybridized carbons (Fsp3) is 0.263. The van der Waals surface area contributed by atoms with Crippen molar-refractivity contribution in [2.45, 2.75) is 17.7 Å². The van der Waals surface area contributed by atoms with Crippen LogP contribution in [-0.2, 0) is 4.79 Å². The van der Waals surface area contributed by atoms with Crippen molar-refractivity contribution in [2.24, 2.45) is 0 Å². The highest BCUT2D eigenvalue weighted by Gasteiger charge is 2.13. The minimum absolute atomic E-state index is 0.0560. The van der Waals surface area contributed by atoms with E-state index in [1.165, 1.54) is 11.3 Å². The SMILES string of the molecule is COc1ccc(SCCCC(=O)Nc2nc3c(OC)ccc(Cl)c3s2)cc1. The zero-order chi connectivity index (χ0) is 19.2. The summed E-state index contributed by atoms with van der Waals surface area (Å²) in [5.74, 6) is 2.28. The highest BCUT2D eigenvalue weighted by atomic mass is 35.5. The summed E-state index contributed by atoms with van der Waals surface area (Å²) >= 11 is 9.27. The minimum Gasteiger partial charge on any atom is -0.497 e. The Balaban J connectivity index is 1.50. The van der Waals surface area contributed by atoms with Crippen molar-refractivity contribution < 1.29 is 14.3 Å². The average Bonchev–Trinajstić information content (AvgIpc) is 3.10. The molecule has 142 valence electrons. The summed E-state index contributed by atoms with van der Waals surface area (Å²) in [4.78, 5) is 17.8. The molecule has 3 aromatic rings. The molecule has 0 aliphatic rings. The van der Waals surface area contributed by atoms with Crippen molar-refractivity contribution in [3.63, 3.8) is 0 Å². The van der Waals surface area contributed by atoms with Gasteiger partial charge in [0.15, 0.2) is 5.13 Å². The van der Waals surface area contributed by atoms with Crippen LogP contribution in [0.5, 0.6) is 11.5 Å². The molecule has 0 bridgehead atoms. The lowest BCUT2D eigenvalue weighted by molar-refractivity contribution is -0.116. The molecule has 0 fully saturated rings.